The van der Waals surface area contributed by atoms with Crippen LogP contribution >= 0.6 is 0 Å². The number of halogens is 3. The van der Waals surface area contributed by atoms with Gasteiger partial charge in [-0.25, -0.2) is 13.1 Å². The molecular formula is C19H28F3N3O3S. The van der Waals surface area contributed by atoms with Crippen molar-refractivity contribution >= 4 is 21.6 Å². The Hall–Kier alpha value is -1.81. The zero-order valence-electron chi connectivity index (χ0n) is 16.8. The first-order valence-corrected chi connectivity index (χ1v) is 11.2. The summed E-state index contributed by atoms with van der Waals surface area (Å²) in [5.41, 5.74) is -0.644. The van der Waals surface area contributed by atoms with Crippen molar-refractivity contribution in [1.82, 2.24) is 9.62 Å². The van der Waals surface area contributed by atoms with E-state index in [0.717, 1.165) is 25.0 Å². The Kier molecular flexibility index (Phi) is 7.56. The van der Waals surface area contributed by atoms with E-state index in [0.29, 0.717) is 19.4 Å². The van der Waals surface area contributed by atoms with Crippen LogP contribution in [0.4, 0.5) is 18.9 Å². The van der Waals surface area contributed by atoms with Gasteiger partial charge in [0.1, 0.15) is 0 Å². The Balaban J connectivity index is 2.02. The summed E-state index contributed by atoms with van der Waals surface area (Å²) in [5, 5.41) is 3.03. The molecule has 1 aromatic rings. The largest absolute Gasteiger partial charge is 0.416 e. The topological polar surface area (TPSA) is 78.5 Å². The highest BCUT2D eigenvalue weighted by Crippen LogP contribution is 2.33. The highest BCUT2D eigenvalue weighted by molar-refractivity contribution is 7.89. The van der Waals surface area contributed by atoms with Crippen LogP contribution < -0.4 is 10.0 Å². The molecule has 0 aliphatic heterocycles. The molecule has 1 fully saturated rings. The third-order valence-corrected chi connectivity index (χ3v) is 6.53. The van der Waals surface area contributed by atoms with Crippen molar-refractivity contribution in [2.75, 3.05) is 31.7 Å². The van der Waals surface area contributed by atoms with Crippen LogP contribution in [-0.2, 0) is 16.2 Å². The summed E-state index contributed by atoms with van der Waals surface area (Å²) in [5.74, 6) is -0.235. The molecule has 29 heavy (non-hydrogen) atoms. The van der Waals surface area contributed by atoms with Gasteiger partial charge in [0.2, 0.25) is 10.0 Å². The predicted molar refractivity (Wildman–Crippen MR) is 106 cm³/mol. The molecule has 164 valence electrons. The quantitative estimate of drug-likeness (QED) is 0.689. The number of alkyl halides is 3. The summed E-state index contributed by atoms with van der Waals surface area (Å²) in [6, 6.07) is 3.21. The third-order valence-electron chi connectivity index (χ3n) is 5.08. The Labute approximate surface area is 169 Å². The van der Waals surface area contributed by atoms with Gasteiger partial charge in [0.15, 0.2) is 0 Å². The number of sulfonamides is 1. The molecular weight excluding hydrogens is 407 g/mol. The molecule has 1 aliphatic carbocycles. The van der Waals surface area contributed by atoms with Crippen LogP contribution in [0.25, 0.3) is 0 Å². The zero-order valence-corrected chi connectivity index (χ0v) is 17.7. The lowest BCUT2D eigenvalue weighted by molar-refractivity contribution is -0.137. The molecule has 0 radical (unpaired) electrons. The summed E-state index contributed by atoms with van der Waals surface area (Å²) >= 11 is 0. The molecule has 1 aliphatic rings. The van der Waals surface area contributed by atoms with Crippen LogP contribution in [0.1, 0.15) is 48.5 Å². The molecule has 1 amide bonds. The van der Waals surface area contributed by atoms with Gasteiger partial charge in [0, 0.05) is 37.9 Å². The lowest BCUT2D eigenvalue weighted by Gasteiger charge is -2.29. The molecule has 2 N–H and O–H groups in total. The molecule has 0 atom stereocenters. The Bertz CT molecular complexity index is 818. The first-order chi connectivity index (χ1) is 13.4. The summed E-state index contributed by atoms with van der Waals surface area (Å²) < 4.78 is 65.6. The first-order valence-electron chi connectivity index (χ1n) is 9.59. The summed E-state index contributed by atoms with van der Waals surface area (Å²) in [6.45, 7) is 2.05. The van der Waals surface area contributed by atoms with Gasteiger partial charge in [-0.3, -0.25) is 4.79 Å². The van der Waals surface area contributed by atoms with Crippen LogP contribution in [-0.4, -0.2) is 51.7 Å². The van der Waals surface area contributed by atoms with Gasteiger partial charge >= 0.3 is 6.18 Å². The van der Waals surface area contributed by atoms with Crippen molar-refractivity contribution in [2.45, 2.75) is 44.8 Å². The number of hydrogen-bond donors (Lipinski definition) is 2. The van der Waals surface area contributed by atoms with Crippen LogP contribution in [0.2, 0.25) is 0 Å². The lowest BCUT2D eigenvalue weighted by Crippen LogP contribution is -2.39. The van der Waals surface area contributed by atoms with Crippen LogP contribution in [0, 0.1) is 5.92 Å². The second kappa shape index (κ2) is 9.34. The van der Waals surface area contributed by atoms with Gasteiger partial charge in [-0.1, -0.05) is 0 Å². The highest BCUT2D eigenvalue weighted by atomic mass is 32.2. The van der Waals surface area contributed by atoms with Gasteiger partial charge < -0.3 is 10.2 Å². The van der Waals surface area contributed by atoms with Crippen molar-refractivity contribution in [2.24, 2.45) is 5.92 Å². The number of amides is 1. The van der Waals surface area contributed by atoms with E-state index in [1.807, 2.05) is 0 Å². The maximum absolute atomic E-state index is 13.2. The number of hydrogen-bond acceptors (Lipinski definition) is 4. The fourth-order valence-electron chi connectivity index (χ4n) is 3.36. The van der Waals surface area contributed by atoms with E-state index >= 15 is 0 Å². The van der Waals surface area contributed by atoms with Crippen molar-refractivity contribution in [3.63, 3.8) is 0 Å². The monoisotopic (exact) mass is 435 g/mol. The fraction of sp³-hybridized carbons (Fsp3) is 0.632. The summed E-state index contributed by atoms with van der Waals surface area (Å²) in [7, 11) is -0.265. The molecule has 0 saturated heterocycles. The summed E-state index contributed by atoms with van der Waals surface area (Å²) in [4.78, 5) is 13.4. The first kappa shape index (κ1) is 23.5. The van der Waals surface area contributed by atoms with Gasteiger partial charge in [-0.2, -0.15) is 13.2 Å². The summed E-state index contributed by atoms with van der Waals surface area (Å²) in [6.07, 6.45) is -1.62. The van der Waals surface area contributed by atoms with E-state index in [4.69, 9.17) is 0 Å². The molecule has 0 spiro atoms. The number of carbonyl (C=O) groups excluding carboxylic acids is 1. The van der Waals surface area contributed by atoms with Crippen molar-refractivity contribution < 1.29 is 26.4 Å². The Morgan fingerprint density at radius 2 is 1.76 bits per heavy atom. The van der Waals surface area contributed by atoms with Crippen molar-refractivity contribution in [3.8, 4) is 0 Å². The van der Waals surface area contributed by atoms with E-state index in [9.17, 15) is 26.4 Å². The number of rotatable bonds is 7. The van der Waals surface area contributed by atoms with Crippen molar-refractivity contribution in [1.29, 1.82) is 0 Å². The molecule has 2 rings (SSSR count). The number of carbonyl (C=O) groups is 1. The highest BCUT2D eigenvalue weighted by Gasteiger charge is 2.32. The Morgan fingerprint density at radius 3 is 2.28 bits per heavy atom. The van der Waals surface area contributed by atoms with Gasteiger partial charge in [0.25, 0.3) is 5.91 Å². The Morgan fingerprint density at radius 1 is 1.14 bits per heavy atom. The van der Waals surface area contributed by atoms with Gasteiger partial charge in [0.05, 0.1) is 11.3 Å². The van der Waals surface area contributed by atoms with E-state index in [-0.39, 0.29) is 29.0 Å². The van der Waals surface area contributed by atoms with E-state index in [1.165, 1.54) is 25.1 Å². The van der Waals surface area contributed by atoms with E-state index < -0.39 is 27.7 Å². The maximum Gasteiger partial charge on any atom is 0.416 e. The molecule has 1 saturated carbocycles. The minimum Gasteiger partial charge on any atom is -0.385 e. The molecule has 6 nitrogen and oxygen atoms in total. The standard InChI is InChI=1S/C19H28F3N3O3S/c1-4-29(27,28)24-16-7-5-13(6-8-16)12-23-17-10-14(18(26)25(2)3)9-15(11-17)19(20,21)22/h9-11,13,16,23-24H,4-8,12H2,1-3H3. The molecule has 0 bridgehead atoms. The number of nitrogens with one attached hydrogen (secondary N) is 2. The second-order valence-electron chi connectivity index (χ2n) is 7.62. The average Bonchev–Trinajstić information content (AvgIpc) is 2.65. The van der Waals surface area contributed by atoms with Gasteiger partial charge in [-0.05, 0) is 56.7 Å². The number of benzene rings is 1. The average molecular weight is 436 g/mol. The zero-order chi connectivity index (χ0) is 21.8. The number of nitrogens with zero attached hydrogens (tertiary/aromatic N) is 1. The smallest absolute Gasteiger partial charge is 0.385 e. The third kappa shape index (κ3) is 6.88. The predicted octanol–water partition coefficient (Wildman–Crippen LogP) is 3.32. The molecule has 0 heterocycles. The second-order valence-corrected chi connectivity index (χ2v) is 9.66. The number of anilines is 1. The van der Waals surface area contributed by atoms with E-state index in [2.05, 4.69) is 10.0 Å². The van der Waals surface area contributed by atoms with Crippen molar-refractivity contribution in [3.05, 3.63) is 29.3 Å². The SMILES string of the molecule is CCS(=O)(=O)NC1CCC(CNc2cc(C(=O)N(C)C)cc(C(F)(F)F)c2)CC1. The molecule has 10 heteroatoms. The van der Waals surface area contributed by atoms with Crippen LogP contribution in [0.3, 0.4) is 0 Å². The van der Waals surface area contributed by atoms with Crippen LogP contribution in [0.15, 0.2) is 18.2 Å². The maximum atomic E-state index is 13.2. The minimum absolute atomic E-state index is 0.0231. The van der Waals surface area contributed by atoms with Gasteiger partial charge in [-0.15, -0.1) is 0 Å². The fourth-order valence-corrected chi connectivity index (χ4v) is 4.27. The molecule has 1 aromatic carbocycles. The van der Waals surface area contributed by atoms with Crippen LogP contribution in [0.5, 0.6) is 0 Å². The molecule has 0 aromatic heterocycles. The minimum atomic E-state index is -4.55. The van der Waals surface area contributed by atoms with E-state index in [1.54, 1.807) is 6.92 Å². The molecule has 0 unspecified atom stereocenters. The lowest BCUT2D eigenvalue weighted by atomic mass is 9.86. The normalized spacial score (nSPS) is 20.3.